The molecule has 120 valence electrons. The van der Waals surface area contributed by atoms with Crippen LogP contribution >= 0.6 is 0 Å². The molecule has 0 unspecified atom stereocenters. The van der Waals surface area contributed by atoms with Crippen molar-refractivity contribution in [2.45, 2.75) is 32.8 Å². The van der Waals surface area contributed by atoms with Gasteiger partial charge < -0.3 is 15.4 Å². The van der Waals surface area contributed by atoms with E-state index in [0.717, 1.165) is 30.6 Å². The summed E-state index contributed by atoms with van der Waals surface area (Å²) < 4.78 is 5.45. The molecule has 1 aromatic carbocycles. The van der Waals surface area contributed by atoms with Crippen molar-refractivity contribution in [3.63, 3.8) is 0 Å². The van der Waals surface area contributed by atoms with Crippen LogP contribution in [0.3, 0.4) is 0 Å². The standard InChI is InChI=1S/C15H21N3O4/c1-10-6-13(14(18(20)21)7-11(10)2)17-15(19)9-16-8-12-4-3-5-22-12/h6-7,12,16H,3-5,8-9H2,1-2H3,(H,17,19)/t12-/m1/s1. The molecule has 0 saturated carbocycles. The zero-order valence-corrected chi connectivity index (χ0v) is 12.8. The Hall–Kier alpha value is -1.99. The van der Waals surface area contributed by atoms with E-state index in [2.05, 4.69) is 10.6 Å². The second-order valence-corrected chi connectivity index (χ2v) is 5.52. The number of nitrogens with one attached hydrogen (secondary N) is 2. The first kappa shape index (κ1) is 16.4. The molecule has 1 saturated heterocycles. The van der Waals surface area contributed by atoms with Gasteiger partial charge in [-0.05, 0) is 43.9 Å². The van der Waals surface area contributed by atoms with Crippen LogP contribution in [0.2, 0.25) is 0 Å². The number of nitrogens with zero attached hydrogens (tertiary/aromatic N) is 1. The number of nitro benzene ring substituents is 1. The van der Waals surface area contributed by atoms with Crippen LogP contribution in [0, 0.1) is 24.0 Å². The van der Waals surface area contributed by atoms with E-state index < -0.39 is 4.92 Å². The molecule has 1 amide bonds. The third-order valence-electron chi connectivity index (χ3n) is 3.76. The van der Waals surface area contributed by atoms with Crippen molar-refractivity contribution in [3.05, 3.63) is 33.4 Å². The molecule has 7 nitrogen and oxygen atoms in total. The van der Waals surface area contributed by atoms with Crippen LogP contribution in [0.25, 0.3) is 0 Å². The maximum atomic E-state index is 11.9. The van der Waals surface area contributed by atoms with E-state index in [-0.39, 0.29) is 29.9 Å². The fraction of sp³-hybridized carbons (Fsp3) is 0.533. The largest absolute Gasteiger partial charge is 0.377 e. The third kappa shape index (κ3) is 4.25. The quantitative estimate of drug-likeness (QED) is 0.618. The number of anilines is 1. The summed E-state index contributed by atoms with van der Waals surface area (Å²) in [6, 6.07) is 3.11. The molecule has 0 spiro atoms. The Morgan fingerprint density at radius 2 is 2.14 bits per heavy atom. The molecule has 0 aliphatic carbocycles. The predicted octanol–water partition coefficient (Wildman–Crippen LogP) is 1.92. The highest BCUT2D eigenvalue weighted by Gasteiger charge is 2.18. The normalized spacial score (nSPS) is 17.5. The van der Waals surface area contributed by atoms with E-state index in [0.29, 0.717) is 6.54 Å². The van der Waals surface area contributed by atoms with Crippen LogP contribution in [-0.4, -0.2) is 36.6 Å². The zero-order valence-electron chi connectivity index (χ0n) is 12.8. The Kier molecular flexibility index (Phi) is 5.46. The van der Waals surface area contributed by atoms with Crippen LogP contribution < -0.4 is 10.6 Å². The van der Waals surface area contributed by atoms with Crippen LogP contribution in [-0.2, 0) is 9.53 Å². The Balaban J connectivity index is 1.92. The van der Waals surface area contributed by atoms with E-state index >= 15 is 0 Å². The first-order chi connectivity index (χ1) is 10.5. The van der Waals surface area contributed by atoms with E-state index in [9.17, 15) is 14.9 Å². The number of nitro groups is 1. The lowest BCUT2D eigenvalue weighted by Crippen LogP contribution is -2.33. The molecule has 0 aromatic heterocycles. The third-order valence-corrected chi connectivity index (χ3v) is 3.76. The zero-order chi connectivity index (χ0) is 16.1. The highest BCUT2D eigenvalue weighted by atomic mass is 16.6. The fourth-order valence-corrected chi connectivity index (χ4v) is 2.40. The summed E-state index contributed by atoms with van der Waals surface area (Å²) in [7, 11) is 0. The molecule has 7 heteroatoms. The van der Waals surface area contributed by atoms with Crippen LogP contribution in [0.1, 0.15) is 24.0 Å². The minimum Gasteiger partial charge on any atom is -0.377 e. The number of carbonyl (C=O) groups excluding carboxylic acids is 1. The van der Waals surface area contributed by atoms with Crippen LogP contribution in [0.5, 0.6) is 0 Å². The summed E-state index contributed by atoms with van der Waals surface area (Å²) in [4.78, 5) is 22.5. The van der Waals surface area contributed by atoms with Gasteiger partial charge in [-0.3, -0.25) is 14.9 Å². The summed E-state index contributed by atoms with van der Waals surface area (Å²) in [6.45, 7) is 5.14. The van der Waals surface area contributed by atoms with Gasteiger partial charge in [0.25, 0.3) is 5.69 Å². The van der Waals surface area contributed by atoms with E-state index in [4.69, 9.17) is 4.74 Å². The van der Waals surface area contributed by atoms with Gasteiger partial charge >= 0.3 is 0 Å². The molecule has 22 heavy (non-hydrogen) atoms. The number of benzene rings is 1. The van der Waals surface area contributed by atoms with Gasteiger partial charge in [-0.25, -0.2) is 0 Å². The topological polar surface area (TPSA) is 93.5 Å². The van der Waals surface area contributed by atoms with Gasteiger partial charge in [-0.15, -0.1) is 0 Å². The number of hydrogen-bond donors (Lipinski definition) is 2. The lowest BCUT2D eigenvalue weighted by atomic mass is 10.1. The predicted molar refractivity (Wildman–Crippen MR) is 83.0 cm³/mol. The smallest absolute Gasteiger partial charge is 0.293 e. The molecule has 2 rings (SSSR count). The van der Waals surface area contributed by atoms with Gasteiger partial charge in [-0.1, -0.05) is 0 Å². The number of carbonyl (C=O) groups is 1. The molecule has 1 fully saturated rings. The van der Waals surface area contributed by atoms with Gasteiger partial charge in [0.15, 0.2) is 0 Å². The Morgan fingerprint density at radius 1 is 1.41 bits per heavy atom. The monoisotopic (exact) mass is 307 g/mol. The lowest BCUT2D eigenvalue weighted by molar-refractivity contribution is -0.384. The van der Waals surface area contributed by atoms with Crippen molar-refractivity contribution in [2.24, 2.45) is 0 Å². The summed E-state index contributed by atoms with van der Waals surface area (Å²) in [6.07, 6.45) is 2.20. The van der Waals surface area contributed by atoms with Gasteiger partial charge in [-0.2, -0.15) is 0 Å². The molecule has 0 bridgehead atoms. The van der Waals surface area contributed by atoms with Crippen LogP contribution in [0.4, 0.5) is 11.4 Å². The summed E-state index contributed by atoms with van der Waals surface area (Å²) in [5, 5.41) is 16.7. The second kappa shape index (κ2) is 7.33. The summed E-state index contributed by atoms with van der Waals surface area (Å²) in [5.74, 6) is -0.302. The number of hydrogen-bond acceptors (Lipinski definition) is 5. The van der Waals surface area contributed by atoms with Gasteiger partial charge in [0, 0.05) is 19.2 Å². The Labute approximate surface area is 129 Å². The molecule has 1 heterocycles. The molecular formula is C15H21N3O4. The highest BCUT2D eigenvalue weighted by Crippen LogP contribution is 2.27. The van der Waals surface area contributed by atoms with Crippen molar-refractivity contribution in [1.82, 2.24) is 5.32 Å². The maximum Gasteiger partial charge on any atom is 0.293 e. The minimum atomic E-state index is -0.484. The number of amides is 1. The molecule has 1 atom stereocenters. The minimum absolute atomic E-state index is 0.0874. The molecule has 0 radical (unpaired) electrons. The van der Waals surface area contributed by atoms with Crippen molar-refractivity contribution in [1.29, 1.82) is 0 Å². The van der Waals surface area contributed by atoms with Crippen molar-refractivity contribution in [3.8, 4) is 0 Å². The van der Waals surface area contributed by atoms with E-state index in [1.165, 1.54) is 6.07 Å². The average Bonchev–Trinajstić information content (AvgIpc) is 2.95. The number of aryl methyl sites for hydroxylation is 2. The summed E-state index contributed by atoms with van der Waals surface area (Å²) in [5.41, 5.74) is 1.86. The molecular weight excluding hydrogens is 286 g/mol. The average molecular weight is 307 g/mol. The van der Waals surface area contributed by atoms with Gasteiger partial charge in [0.05, 0.1) is 17.6 Å². The first-order valence-corrected chi connectivity index (χ1v) is 7.35. The van der Waals surface area contributed by atoms with Crippen molar-refractivity contribution < 1.29 is 14.5 Å². The number of rotatable bonds is 6. The maximum absolute atomic E-state index is 11.9. The highest BCUT2D eigenvalue weighted by molar-refractivity contribution is 5.94. The van der Waals surface area contributed by atoms with Gasteiger partial charge in [0.2, 0.25) is 5.91 Å². The van der Waals surface area contributed by atoms with Crippen molar-refractivity contribution in [2.75, 3.05) is 25.0 Å². The summed E-state index contributed by atoms with van der Waals surface area (Å²) >= 11 is 0. The van der Waals surface area contributed by atoms with Gasteiger partial charge in [0.1, 0.15) is 5.69 Å². The van der Waals surface area contributed by atoms with E-state index in [1.54, 1.807) is 13.0 Å². The number of ether oxygens (including phenoxy) is 1. The lowest BCUT2D eigenvalue weighted by Gasteiger charge is -2.12. The fourth-order valence-electron chi connectivity index (χ4n) is 2.40. The first-order valence-electron chi connectivity index (χ1n) is 7.35. The molecule has 2 N–H and O–H groups in total. The van der Waals surface area contributed by atoms with Crippen LogP contribution in [0.15, 0.2) is 12.1 Å². The Bertz CT molecular complexity index is 568. The SMILES string of the molecule is Cc1cc(NC(=O)CNC[C@H]2CCCO2)c([N+](=O)[O-])cc1C. The molecule has 1 aliphatic rings. The second-order valence-electron chi connectivity index (χ2n) is 5.52. The van der Waals surface area contributed by atoms with E-state index in [1.807, 2.05) is 6.92 Å². The molecule has 1 aromatic rings. The molecule has 1 aliphatic heterocycles. The van der Waals surface area contributed by atoms with Crippen molar-refractivity contribution >= 4 is 17.3 Å². The Morgan fingerprint density at radius 3 is 2.77 bits per heavy atom.